The van der Waals surface area contributed by atoms with Crippen molar-refractivity contribution in [2.45, 2.75) is 244 Å². The number of nitrogens with zero attached hydrogens (tertiary/aromatic N) is 15. The van der Waals surface area contributed by atoms with Crippen molar-refractivity contribution in [1.82, 2.24) is 48.7 Å². The van der Waals surface area contributed by atoms with Gasteiger partial charge in [-0.1, -0.05) is 81.2 Å². The van der Waals surface area contributed by atoms with Gasteiger partial charge in [-0.05, 0) is 302 Å². The van der Waals surface area contributed by atoms with E-state index in [4.69, 9.17) is 122 Å². The van der Waals surface area contributed by atoms with E-state index in [0.29, 0.717) is 81.8 Å². The number of nitriles is 3. The summed E-state index contributed by atoms with van der Waals surface area (Å²) in [6, 6.07) is 12.0. The van der Waals surface area contributed by atoms with Crippen LogP contribution in [0.3, 0.4) is 0 Å². The number of hydrogen-bond acceptors (Lipinski definition) is 31. The van der Waals surface area contributed by atoms with E-state index < -0.39 is 28.3 Å². The Balaban J connectivity index is 0.000000251. The molecule has 41 heteroatoms. The van der Waals surface area contributed by atoms with E-state index in [1.807, 2.05) is 162 Å². The highest BCUT2D eigenvalue weighted by Crippen LogP contribution is 2.39. The number of rotatable bonds is 15. The minimum Gasteiger partial charge on any atom is -0.619 e. The van der Waals surface area contributed by atoms with Crippen LogP contribution in [0.25, 0.3) is 0 Å². The molecule has 4 atom stereocenters. The second kappa shape index (κ2) is 53.8. The van der Waals surface area contributed by atoms with Gasteiger partial charge in [0.15, 0.2) is 35.2 Å². The van der Waals surface area contributed by atoms with Crippen molar-refractivity contribution < 1.29 is 47.7 Å². The van der Waals surface area contributed by atoms with E-state index in [1.165, 1.54) is 53.2 Å². The van der Waals surface area contributed by atoms with E-state index >= 15 is 0 Å². The SMILES string of the molecule is CC(C)(C)OC(=O)N[C@@H]1CCCNC1.Cc1c(Cl)c[n+]([O-])cc1Cl.Cc1c(Cl)cnc(C#N)c1Cl.Cc1c(Cl)cncc1Cl.Cc1c(N2CCC[C@@H](CC(=O)OC(C)(C)C)C2)cnc(C#N)c1Cl.Cc1cc(N)sn1.Cc1cc(Nc2c(C#N)ncc(N3CCC[C@@H](CC(=O)OC(C)(C)C)C3)c2C)sn1.Cc1cc(Nc2c(C(N)=O)ncc(N3CCC[C@@H](CC(=O)OC(C)(C)C)C3)c2C)sn1. The van der Waals surface area contributed by atoms with Gasteiger partial charge in [-0.15, -0.1) is 0 Å². The zero-order valence-electron chi connectivity index (χ0n) is 80.9. The van der Waals surface area contributed by atoms with Crippen LogP contribution in [0, 0.1) is 119 Å². The molecule has 8 N–H and O–H groups in total. The number of nitrogens with two attached hydrogens (primary N) is 2. The van der Waals surface area contributed by atoms with Gasteiger partial charge < -0.3 is 71.6 Å². The van der Waals surface area contributed by atoms with Crippen LogP contribution in [0.4, 0.5) is 48.2 Å². The number of aromatic nitrogens is 9. The molecule has 4 saturated heterocycles. The first-order chi connectivity index (χ1) is 63.6. The number of carbonyl (C=O) groups excluding carboxylic acids is 5. The maximum atomic E-state index is 12.3. The number of nitrogens with one attached hydrogen (secondary N) is 4. The Morgan fingerprint density at radius 1 is 0.485 bits per heavy atom. The van der Waals surface area contributed by atoms with Crippen molar-refractivity contribution in [3.05, 3.63) is 181 Å². The third-order valence-electron chi connectivity index (χ3n) is 20.5. The summed E-state index contributed by atoms with van der Waals surface area (Å²) in [6.45, 7) is 46.4. The number of ether oxygens (including phenoxy) is 4. The third kappa shape index (κ3) is 39.1. The van der Waals surface area contributed by atoms with Gasteiger partial charge in [-0.3, -0.25) is 24.2 Å². The van der Waals surface area contributed by atoms with Crippen LogP contribution in [-0.4, -0.2) is 149 Å². The van der Waals surface area contributed by atoms with Crippen LogP contribution in [0.2, 0.25) is 35.2 Å². The number of carbonyl (C=O) groups is 5. The largest absolute Gasteiger partial charge is 0.619 e. The number of esters is 3. The fourth-order valence-electron chi connectivity index (χ4n) is 14.2. The van der Waals surface area contributed by atoms with Gasteiger partial charge in [-0.25, -0.2) is 24.7 Å². The number of hydrogen-bond donors (Lipinski definition) is 6. The normalized spacial score (nSPS) is 15.7. The molecule has 9 aromatic rings. The summed E-state index contributed by atoms with van der Waals surface area (Å²) < 4.78 is 34.7. The van der Waals surface area contributed by atoms with Gasteiger partial charge in [0, 0.05) is 76.0 Å². The maximum Gasteiger partial charge on any atom is 0.407 e. The molecule has 0 radical (unpaired) electrons. The monoisotopic (exact) mass is 2060 g/mol. The molecule has 736 valence electrons. The van der Waals surface area contributed by atoms with Crippen molar-refractivity contribution in [2.75, 3.05) is 83.4 Å². The quantitative estimate of drug-likeness (QED) is 0.0240. The number of primary amides is 1. The molecule has 2 amide bonds. The fourth-order valence-corrected chi connectivity index (χ4v) is 17.4. The second-order valence-corrected chi connectivity index (χ2v) is 42.1. The number of piperidine rings is 4. The van der Waals surface area contributed by atoms with Gasteiger partial charge in [0.25, 0.3) is 5.91 Å². The minimum absolute atomic E-state index is 0.146. The zero-order valence-corrected chi connectivity index (χ0v) is 88.7. The average Bonchev–Trinajstić information content (AvgIpc) is 1.30. The van der Waals surface area contributed by atoms with Crippen molar-refractivity contribution in [3.8, 4) is 18.2 Å². The van der Waals surface area contributed by atoms with Gasteiger partial charge >= 0.3 is 24.0 Å². The van der Waals surface area contributed by atoms with Crippen molar-refractivity contribution in [3.63, 3.8) is 0 Å². The standard InChI is InChI=1S/C22H31N5O3S.C22H29N5O2S.C18H24ClN3O2.C10H20N2O2.C7H4Cl2N2.C6H5Cl2NO.C6H5Cl2N.C4H6N2S/c1-13-9-17(31-26-13)25-19-14(2)16(11-24-20(19)21(23)29)27-8-6-7-15(12-27)10-18(28)30-22(3,4)5;1-14-9-19(30-26-14)25-21-15(2)18(12-24-17(21)11-23)27-8-6-7-16(13-27)10-20(28)29-22(3,4)5;1-12-15(10-21-14(9-20)17(12)19)22-7-5-6-13(11-22)8-16(23)24-18(2,3)4;1-10(2,3)14-9(13)12-8-5-4-6-11-7-8;1-4-5(8)3-11-6(2-10)7(4)9;1-4-5(7)2-9(10)3-6(4)8;1-4-5(7)2-9-3-6(4)8;1-3-2-4(5)7-6-3/h9,11,15,25H,6-8,10,12H2,1-5H3,(H2,23,29);9,12,16,25H,6-8,10,13H2,1-5H3;10,13H,5-8,11H2,1-4H3;8,11H,4-7H2,1-3H3,(H,12,13);3H,1H3;2-3H,1H3;2-3H,1H3;2H,5H2,1H3/t15-;16-;13-;8-;;;;/m0001..../s1. The number of halogens is 7. The highest BCUT2D eigenvalue weighted by atomic mass is 35.5. The highest BCUT2D eigenvalue weighted by molar-refractivity contribution is 7.10. The van der Waals surface area contributed by atoms with Crippen molar-refractivity contribution in [2.24, 2.45) is 23.5 Å². The fraction of sp³-hybridized carbons (Fsp3) is 0.505. The topological polar surface area (TPSA) is 434 Å². The summed E-state index contributed by atoms with van der Waals surface area (Å²) in [6.07, 6.45) is 21.3. The molecule has 0 spiro atoms. The molecule has 0 aliphatic carbocycles. The summed E-state index contributed by atoms with van der Waals surface area (Å²) in [5.74, 6) is -0.346. The first-order valence-electron chi connectivity index (χ1n) is 44.1. The Morgan fingerprint density at radius 3 is 1.23 bits per heavy atom. The van der Waals surface area contributed by atoms with Gasteiger partial charge in [-0.2, -0.15) is 33.6 Å². The summed E-state index contributed by atoms with van der Waals surface area (Å²) in [5, 5.41) is 56.1. The Bertz CT molecular complexity index is 5610. The summed E-state index contributed by atoms with van der Waals surface area (Å²) >= 11 is 44.2. The number of alkyl carbamates (subject to hydrolysis) is 1. The number of aryl methyl sites for hydroxylation is 3. The highest BCUT2D eigenvalue weighted by Gasteiger charge is 2.33. The molecule has 4 aliphatic heterocycles. The second-order valence-electron chi connectivity index (χ2n) is 36.9. The summed E-state index contributed by atoms with van der Waals surface area (Å²) in [7, 11) is 0. The van der Waals surface area contributed by atoms with Crippen LogP contribution < -0.4 is 52.2 Å². The Labute approximate surface area is 845 Å². The minimum atomic E-state index is -0.583. The smallest absolute Gasteiger partial charge is 0.407 e. The molecule has 9 aromatic heterocycles. The molecule has 0 bridgehead atoms. The Morgan fingerprint density at radius 2 is 0.860 bits per heavy atom. The molecule has 0 aromatic carbocycles. The number of amides is 2. The Hall–Kier alpha value is -10.00. The molecule has 136 heavy (non-hydrogen) atoms. The molecule has 0 unspecified atom stereocenters. The molecule has 13 rings (SSSR count). The number of nitrogen functional groups attached to an aromatic ring is 1. The molecule has 4 fully saturated rings. The van der Waals surface area contributed by atoms with E-state index in [1.54, 1.807) is 44.8 Å². The molecular weight excluding hydrogens is 1940 g/mol. The van der Waals surface area contributed by atoms with Crippen LogP contribution >= 0.6 is 116 Å². The van der Waals surface area contributed by atoms with Gasteiger partial charge in [0.2, 0.25) is 0 Å². The van der Waals surface area contributed by atoms with Gasteiger partial charge in [0.05, 0.1) is 108 Å². The summed E-state index contributed by atoms with van der Waals surface area (Å²) in [5.41, 5.74) is 22.2. The maximum absolute atomic E-state index is 12.3. The van der Waals surface area contributed by atoms with Crippen molar-refractivity contribution >= 4 is 189 Å². The van der Waals surface area contributed by atoms with Gasteiger partial charge in [0.1, 0.15) is 65.7 Å². The van der Waals surface area contributed by atoms with Crippen LogP contribution in [0.1, 0.15) is 232 Å². The summed E-state index contributed by atoms with van der Waals surface area (Å²) in [4.78, 5) is 87.1. The third-order valence-corrected chi connectivity index (χ3v) is 25.7. The zero-order chi connectivity index (χ0) is 101. The van der Waals surface area contributed by atoms with E-state index in [9.17, 15) is 34.4 Å². The van der Waals surface area contributed by atoms with E-state index in [2.05, 4.69) is 80.1 Å². The molecule has 31 nitrogen and oxygen atoms in total. The molecule has 0 saturated carbocycles. The van der Waals surface area contributed by atoms with Crippen LogP contribution in [0.5, 0.6) is 0 Å². The molecule has 4 aliphatic rings. The number of anilines is 8. The number of pyridine rings is 6. The van der Waals surface area contributed by atoms with Crippen LogP contribution in [-0.2, 0) is 33.3 Å². The predicted octanol–water partition coefficient (Wildman–Crippen LogP) is 22.0. The first-order valence-corrected chi connectivity index (χ1v) is 49.1. The molecular formula is C95H124Cl7N21O10S3. The lowest BCUT2D eigenvalue weighted by Gasteiger charge is -2.35. The van der Waals surface area contributed by atoms with Crippen molar-refractivity contribution in [1.29, 1.82) is 15.8 Å². The van der Waals surface area contributed by atoms with E-state index in [-0.39, 0.29) is 64.9 Å². The Kier molecular flexibility index (Phi) is 45.4. The lowest BCUT2D eigenvalue weighted by molar-refractivity contribution is -0.605. The predicted molar refractivity (Wildman–Crippen MR) is 546 cm³/mol. The lowest BCUT2D eigenvalue weighted by atomic mass is 9.94. The van der Waals surface area contributed by atoms with Crippen LogP contribution in [0.15, 0.2) is 67.8 Å². The first kappa shape index (κ1) is 115. The molecule has 13 heterocycles. The average molecular weight is 2060 g/mol. The lowest BCUT2D eigenvalue weighted by Crippen LogP contribution is -2.47. The van der Waals surface area contributed by atoms with E-state index in [0.717, 1.165) is 181 Å².